The van der Waals surface area contributed by atoms with Crippen LogP contribution < -0.4 is 0 Å². The molecule has 0 N–H and O–H groups in total. The third kappa shape index (κ3) is 3.61. The smallest absolute Gasteiger partial charge is 0.233 e. The molecule has 2 nitrogen and oxygen atoms in total. The molecule has 6 heteroatoms. The van der Waals surface area contributed by atoms with Gasteiger partial charge in [-0.3, -0.25) is 0 Å². The molecule has 1 heterocycles. The molecule has 1 aromatic carbocycles. The predicted molar refractivity (Wildman–Crippen MR) is 79.0 cm³/mol. The summed E-state index contributed by atoms with van der Waals surface area (Å²) in [6, 6.07) is 5.38. The Morgan fingerprint density at radius 3 is 2.29 bits per heavy atom. The van der Waals surface area contributed by atoms with Crippen LogP contribution in [0.15, 0.2) is 28.9 Å². The molecular weight excluding hydrogens is 345 g/mol. The third-order valence-electron chi connectivity index (χ3n) is 3.06. The molecule has 0 saturated heterocycles. The first-order valence-corrected chi connectivity index (χ1v) is 7.20. The highest BCUT2D eigenvalue weighted by molar-refractivity contribution is 9.10. The Kier molecular flexibility index (Phi) is 4.37. The van der Waals surface area contributed by atoms with E-state index in [1.807, 2.05) is 13.8 Å². The molecule has 21 heavy (non-hydrogen) atoms. The lowest BCUT2D eigenvalue weighted by molar-refractivity contribution is -0.137. The first-order valence-electron chi connectivity index (χ1n) is 6.41. The predicted octanol–water partition coefficient (Wildman–Crippen LogP) is 5.36. The molecule has 2 aromatic rings. The van der Waals surface area contributed by atoms with Crippen molar-refractivity contribution in [3.63, 3.8) is 0 Å². The summed E-state index contributed by atoms with van der Waals surface area (Å²) in [7, 11) is 0. The van der Waals surface area contributed by atoms with Gasteiger partial charge in [-0.2, -0.15) is 13.2 Å². The van der Waals surface area contributed by atoms with Crippen molar-refractivity contribution >= 4 is 15.9 Å². The fraction of sp³-hybridized carbons (Fsp3) is 0.333. The molecule has 0 unspecified atom stereocenters. The molecule has 0 aliphatic rings. The Hall–Kier alpha value is -1.43. The summed E-state index contributed by atoms with van der Waals surface area (Å²) in [6.07, 6.45) is -4.33. The van der Waals surface area contributed by atoms with Crippen molar-refractivity contribution < 1.29 is 13.2 Å². The van der Waals surface area contributed by atoms with E-state index in [9.17, 15) is 13.2 Å². The van der Waals surface area contributed by atoms with E-state index in [-0.39, 0.29) is 5.92 Å². The van der Waals surface area contributed by atoms with Crippen LogP contribution in [0.25, 0.3) is 11.3 Å². The molecular formula is C15H14BrF3N2. The Balaban J connectivity index is 2.52. The molecule has 0 bridgehead atoms. The van der Waals surface area contributed by atoms with Crippen molar-refractivity contribution in [1.29, 1.82) is 0 Å². The molecule has 0 amide bonds. The van der Waals surface area contributed by atoms with Crippen LogP contribution in [0.3, 0.4) is 0 Å². The fourth-order valence-corrected chi connectivity index (χ4v) is 2.36. The Bertz CT molecular complexity index is 666. The standard InChI is InChI=1S/C15H14BrF3N2/c1-8(2)14-20-12(7-13(16)21-14)11-5-4-10(6-9(11)3)15(17,18)19/h4-8H,1-3H3. The summed E-state index contributed by atoms with van der Waals surface area (Å²) in [5.74, 6) is 0.787. The van der Waals surface area contributed by atoms with Gasteiger partial charge in [0.1, 0.15) is 10.4 Å². The molecule has 0 radical (unpaired) electrons. The van der Waals surface area contributed by atoms with Crippen molar-refractivity contribution in [2.45, 2.75) is 32.9 Å². The zero-order valence-corrected chi connectivity index (χ0v) is 13.4. The van der Waals surface area contributed by atoms with Gasteiger partial charge in [-0.1, -0.05) is 19.9 Å². The van der Waals surface area contributed by atoms with E-state index in [4.69, 9.17) is 0 Å². The number of alkyl halides is 3. The minimum Gasteiger partial charge on any atom is -0.233 e. The van der Waals surface area contributed by atoms with Gasteiger partial charge in [0.25, 0.3) is 0 Å². The highest BCUT2D eigenvalue weighted by Crippen LogP contribution is 2.33. The fourth-order valence-electron chi connectivity index (χ4n) is 1.96. The monoisotopic (exact) mass is 358 g/mol. The van der Waals surface area contributed by atoms with Gasteiger partial charge in [0, 0.05) is 11.5 Å². The molecule has 0 saturated carbocycles. The lowest BCUT2D eigenvalue weighted by atomic mass is 10.0. The molecule has 0 fully saturated rings. The van der Waals surface area contributed by atoms with E-state index in [2.05, 4.69) is 25.9 Å². The number of hydrogen-bond acceptors (Lipinski definition) is 2. The highest BCUT2D eigenvalue weighted by atomic mass is 79.9. The van der Waals surface area contributed by atoms with Crippen LogP contribution in [0.5, 0.6) is 0 Å². The molecule has 112 valence electrons. The van der Waals surface area contributed by atoms with Gasteiger partial charge in [-0.05, 0) is 46.6 Å². The summed E-state index contributed by atoms with van der Waals surface area (Å²) in [6.45, 7) is 5.58. The highest BCUT2D eigenvalue weighted by Gasteiger charge is 2.30. The second-order valence-corrected chi connectivity index (χ2v) is 5.93. The normalized spacial score (nSPS) is 12.0. The lowest BCUT2D eigenvalue weighted by Gasteiger charge is -2.12. The number of aryl methyl sites for hydroxylation is 1. The minimum atomic E-state index is -4.33. The summed E-state index contributed by atoms with van der Waals surface area (Å²) < 4.78 is 38.7. The van der Waals surface area contributed by atoms with Gasteiger partial charge in [0.15, 0.2) is 0 Å². The summed E-state index contributed by atoms with van der Waals surface area (Å²) in [5.41, 5.74) is 1.17. The number of nitrogens with zero attached hydrogens (tertiary/aromatic N) is 2. The van der Waals surface area contributed by atoms with Gasteiger partial charge in [-0.15, -0.1) is 0 Å². The average molecular weight is 359 g/mol. The zero-order valence-electron chi connectivity index (χ0n) is 11.8. The maximum absolute atomic E-state index is 12.7. The van der Waals surface area contributed by atoms with E-state index in [1.165, 1.54) is 6.07 Å². The van der Waals surface area contributed by atoms with E-state index in [0.717, 1.165) is 12.1 Å². The van der Waals surface area contributed by atoms with Gasteiger partial charge in [0.2, 0.25) is 0 Å². The van der Waals surface area contributed by atoms with Crippen molar-refractivity contribution in [3.05, 3.63) is 45.8 Å². The van der Waals surface area contributed by atoms with Gasteiger partial charge < -0.3 is 0 Å². The minimum absolute atomic E-state index is 0.135. The first kappa shape index (κ1) is 15.9. The second-order valence-electron chi connectivity index (χ2n) is 5.12. The topological polar surface area (TPSA) is 25.8 Å². The van der Waals surface area contributed by atoms with Gasteiger partial charge in [0.05, 0.1) is 11.3 Å². The van der Waals surface area contributed by atoms with E-state index in [0.29, 0.717) is 27.2 Å². The summed E-state index contributed by atoms with van der Waals surface area (Å²) in [4.78, 5) is 8.70. The van der Waals surface area contributed by atoms with Gasteiger partial charge >= 0.3 is 6.18 Å². The van der Waals surface area contributed by atoms with Crippen molar-refractivity contribution in [2.24, 2.45) is 0 Å². The average Bonchev–Trinajstić information content (AvgIpc) is 2.36. The maximum atomic E-state index is 12.7. The maximum Gasteiger partial charge on any atom is 0.416 e. The van der Waals surface area contributed by atoms with Crippen LogP contribution in [-0.4, -0.2) is 9.97 Å². The summed E-state index contributed by atoms with van der Waals surface area (Å²) in [5, 5.41) is 0. The quantitative estimate of drug-likeness (QED) is 0.675. The van der Waals surface area contributed by atoms with Crippen LogP contribution in [-0.2, 0) is 6.18 Å². The first-order chi connectivity index (χ1) is 9.68. The number of aromatic nitrogens is 2. The zero-order chi connectivity index (χ0) is 15.8. The van der Waals surface area contributed by atoms with Crippen LogP contribution in [0.1, 0.15) is 36.7 Å². The molecule has 0 spiro atoms. The number of hydrogen-bond donors (Lipinski definition) is 0. The molecule has 2 rings (SSSR count). The SMILES string of the molecule is Cc1cc(C(F)(F)F)ccc1-c1cc(Br)nc(C(C)C)n1. The Labute approximate surface area is 129 Å². The molecule has 0 atom stereocenters. The second kappa shape index (κ2) is 5.75. The van der Waals surface area contributed by atoms with E-state index >= 15 is 0 Å². The number of halogens is 4. The van der Waals surface area contributed by atoms with Crippen molar-refractivity contribution in [1.82, 2.24) is 9.97 Å². The van der Waals surface area contributed by atoms with Crippen LogP contribution >= 0.6 is 15.9 Å². The van der Waals surface area contributed by atoms with Crippen molar-refractivity contribution in [2.75, 3.05) is 0 Å². The van der Waals surface area contributed by atoms with Crippen LogP contribution in [0.2, 0.25) is 0 Å². The van der Waals surface area contributed by atoms with Crippen molar-refractivity contribution in [3.8, 4) is 11.3 Å². The Morgan fingerprint density at radius 1 is 1.10 bits per heavy atom. The molecule has 0 aliphatic heterocycles. The summed E-state index contributed by atoms with van der Waals surface area (Å²) >= 11 is 3.32. The number of rotatable bonds is 2. The van der Waals surface area contributed by atoms with Crippen LogP contribution in [0, 0.1) is 6.92 Å². The third-order valence-corrected chi connectivity index (χ3v) is 3.46. The van der Waals surface area contributed by atoms with Gasteiger partial charge in [-0.25, -0.2) is 9.97 Å². The van der Waals surface area contributed by atoms with E-state index < -0.39 is 11.7 Å². The molecule has 1 aromatic heterocycles. The molecule has 0 aliphatic carbocycles. The Morgan fingerprint density at radius 2 is 1.76 bits per heavy atom. The number of benzene rings is 1. The largest absolute Gasteiger partial charge is 0.416 e. The van der Waals surface area contributed by atoms with E-state index in [1.54, 1.807) is 13.0 Å². The lowest BCUT2D eigenvalue weighted by Crippen LogP contribution is -2.06. The van der Waals surface area contributed by atoms with Crippen LogP contribution in [0.4, 0.5) is 13.2 Å².